The molecule has 0 spiro atoms. The van der Waals surface area contributed by atoms with Crippen molar-refractivity contribution in [2.45, 2.75) is 69.7 Å². The molecule has 2 aromatic heterocycles. The van der Waals surface area contributed by atoms with Crippen molar-refractivity contribution in [3.8, 4) is 0 Å². The van der Waals surface area contributed by atoms with E-state index >= 15 is 0 Å². The third kappa shape index (κ3) is 5.75. The standard InChI is InChI=1S/C27H34ClN5O4/c1-26(2)15-33(13-23(34)30-17-4-7-27(3,36)8-5-17)22(14-37-26)25(35)32-20-11-16(28)10-19-18-6-9-29-12-21(18)31-24(19)20/h6,9-12,17,22,31,36H,4-5,7-8,13-15H2,1-3H3,(H,30,34)(H,32,35). The monoisotopic (exact) mass is 527 g/mol. The number of hydrogen-bond acceptors (Lipinski definition) is 6. The number of aromatic nitrogens is 2. The number of aliphatic hydroxyl groups is 1. The van der Waals surface area contributed by atoms with Crippen LogP contribution in [0.25, 0.3) is 21.8 Å². The number of amides is 2. The average molecular weight is 528 g/mol. The Morgan fingerprint density at radius 1 is 1.24 bits per heavy atom. The van der Waals surface area contributed by atoms with Crippen molar-refractivity contribution in [3.63, 3.8) is 0 Å². The number of ether oxygens (including phenoxy) is 1. The number of anilines is 1. The van der Waals surface area contributed by atoms with Crippen molar-refractivity contribution in [1.82, 2.24) is 20.2 Å². The first-order valence-corrected chi connectivity index (χ1v) is 13.1. The van der Waals surface area contributed by atoms with Crippen molar-refractivity contribution in [3.05, 3.63) is 35.6 Å². The Kier molecular flexibility index (Phi) is 6.91. The Morgan fingerprint density at radius 3 is 2.76 bits per heavy atom. The lowest BCUT2D eigenvalue weighted by molar-refractivity contribution is -0.147. The number of nitrogens with one attached hydrogen (secondary N) is 3. The minimum atomic E-state index is -0.661. The summed E-state index contributed by atoms with van der Waals surface area (Å²) in [5, 5.41) is 18.7. The summed E-state index contributed by atoms with van der Waals surface area (Å²) in [6, 6.07) is 4.86. The number of hydrogen-bond donors (Lipinski definition) is 4. The highest BCUT2D eigenvalue weighted by Crippen LogP contribution is 2.34. The molecule has 3 aromatic rings. The molecule has 1 saturated carbocycles. The van der Waals surface area contributed by atoms with Crippen molar-refractivity contribution < 1.29 is 19.4 Å². The van der Waals surface area contributed by atoms with E-state index in [1.54, 1.807) is 18.5 Å². The van der Waals surface area contributed by atoms with Crippen LogP contribution in [0.1, 0.15) is 46.5 Å². The highest BCUT2D eigenvalue weighted by atomic mass is 35.5. The lowest BCUT2D eigenvalue weighted by Crippen LogP contribution is -2.60. The molecule has 3 heterocycles. The molecule has 0 bridgehead atoms. The van der Waals surface area contributed by atoms with Crippen LogP contribution < -0.4 is 10.6 Å². The van der Waals surface area contributed by atoms with Crippen LogP contribution in [0.4, 0.5) is 5.69 Å². The second-order valence-corrected chi connectivity index (χ2v) is 11.7. The van der Waals surface area contributed by atoms with Crippen LogP contribution in [0.2, 0.25) is 5.02 Å². The molecular weight excluding hydrogens is 494 g/mol. The smallest absolute Gasteiger partial charge is 0.244 e. The van der Waals surface area contributed by atoms with Gasteiger partial charge in [0.05, 0.1) is 47.3 Å². The molecule has 1 aromatic carbocycles. The van der Waals surface area contributed by atoms with E-state index in [4.69, 9.17) is 16.3 Å². The van der Waals surface area contributed by atoms with Gasteiger partial charge < -0.3 is 25.5 Å². The van der Waals surface area contributed by atoms with E-state index in [-0.39, 0.29) is 31.0 Å². The highest BCUT2D eigenvalue weighted by Gasteiger charge is 2.39. The summed E-state index contributed by atoms with van der Waals surface area (Å²) in [5.74, 6) is -0.396. The number of morpholine rings is 1. The van der Waals surface area contributed by atoms with Gasteiger partial charge in [0.2, 0.25) is 11.8 Å². The largest absolute Gasteiger partial charge is 0.390 e. The van der Waals surface area contributed by atoms with Gasteiger partial charge in [-0.1, -0.05) is 11.6 Å². The lowest BCUT2D eigenvalue weighted by atomic mass is 9.83. The Balaban J connectivity index is 1.32. The fraction of sp³-hybridized carbons (Fsp3) is 0.519. The minimum Gasteiger partial charge on any atom is -0.390 e. The van der Waals surface area contributed by atoms with Crippen molar-refractivity contribution in [1.29, 1.82) is 0 Å². The Bertz CT molecular complexity index is 1330. The molecule has 10 heteroatoms. The summed E-state index contributed by atoms with van der Waals surface area (Å²) in [7, 11) is 0. The van der Waals surface area contributed by atoms with E-state index in [2.05, 4.69) is 20.6 Å². The predicted octanol–water partition coefficient (Wildman–Crippen LogP) is 3.60. The molecule has 1 aliphatic carbocycles. The second-order valence-electron chi connectivity index (χ2n) is 11.2. The number of H-pyrrole nitrogens is 1. The van der Waals surface area contributed by atoms with Gasteiger partial charge in [-0.3, -0.25) is 19.5 Å². The topological polar surface area (TPSA) is 120 Å². The number of nitrogens with zero attached hydrogens (tertiary/aromatic N) is 2. The summed E-state index contributed by atoms with van der Waals surface area (Å²) in [6.07, 6.45) is 6.25. The van der Waals surface area contributed by atoms with Crippen LogP contribution in [-0.2, 0) is 14.3 Å². The van der Waals surface area contributed by atoms with Gasteiger partial charge in [0.1, 0.15) is 6.04 Å². The first-order valence-electron chi connectivity index (χ1n) is 12.8. The number of carbonyl (C=O) groups is 2. The van der Waals surface area contributed by atoms with Gasteiger partial charge in [-0.25, -0.2) is 0 Å². The number of rotatable bonds is 5. The van der Waals surface area contributed by atoms with Gasteiger partial charge in [0.25, 0.3) is 0 Å². The van der Waals surface area contributed by atoms with Crippen LogP contribution in [0.5, 0.6) is 0 Å². The molecule has 2 aliphatic rings. The first-order chi connectivity index (χ1) is 17.5. The number of pyridine rings is 1. The molecule has 2 fully saturated rings. The van der Waals surface area contributed by atoms with Gasteiger partial charge >= 0.3 is 0 Å². The third-order valence-corrected chi connectivity index (χ3v) is 7.68. The summed E-state index contributed by atoms with van der Waals surface area (Å²) >= 11 is 6.41. The number of aromatic amines is 1. The van der Waals surface area contributed by atoms with E-state index in [0.29, 0.717) is 30.1 Å². The first kappa shape index (κ1) is 25.9. The lowest BCUT2D eigenvalue weighted by Gasteiger charge is -2.42. The fourth-order valence-corrected chi connectivity index (χ4v) is 5.65. The second kappa shape index (κ2) is 9.87. The van der Waals surface area contributed by atoms with Gasteiger partial charge in [-0.05, 0) is 64.7 Å². The van der Waals surface area contributed by atoms with E-state index < -0.39 is 17.2 Å². The molecule has 198 valence electrons. The molecule has 5 rings (SSSR count). The summed E-state index contributed by atoms with van der Waals surface area (Å²) in [6.45, 7) is 6.42. The molecule has 37 heavy (non-hydrogen) atoms. The zero-order chi connectivity index (χ0) is 26.4. The Labute approximate surface area is 220 Å². The molecule has 1 unspecified atom stereocenters. The van der Waals surface area contributed by atoms with Gasteiger partial charge in [-0.15, -0.1) is 0 Å². The number of benzene rings is 1. The number of fused-ring (bicyclic) bond motifs is 3. The number of carbonyl (C=O) groups excluding carboxylic acids is 2. The summed E-state index contributed by atoms with van der Waals surface area (Å²) < 4.78 is 5.98. The van der Waals surface area contributed by atoms with E-state index in [1.807, 2.05) is 37.8 Å². The number of halogens is 1. The Hall–Kier alpha value is -2.72. The van der Waals surface area contributed by atoms with Crippen molar-refractivity contribution >= 4 is 50.9 Å². The van der Waals surface area contributed by atoms with E-state index in [1.165, 1.54) is 0 Å². The average Bonchev–Trinajstić information content (AvgIpc) is 3.19. The maximum Gasteiger partial charge on any atom is 0.244 e. The van der Waals surface area contributed by atoms with Crippen molar-refractivity contribution in [2.75, 3.05) is 25.0 Å². The molecule has 1 aliphatic heterocycles. The maximum atomic E-state index is 13.5. The summed E-state index contributed by atoms with van der Waals surface area (Å²) in [5.41, 5.74) is 1.02. The van der Waals surface area contributed by atoms with Gasteiger partial charge in [-0.2, -0.15) is 0 Å². The van der Waals surface area contributed by atoms with Crippen LogP contribution in [0.15, 0.2) is 30.6 Å². The van der Waals surface area contributed by atoms with Crippen LogP contribution in [0, 0.1) is 0 Å². The van der Waals surface area contributed by atoms with Crippen LogP contribution in [0.3, 0.4) is 0 Å². The van der Waals surface area contributed by atoms with Gasteiger partial charge in [0.15, 0.2) is 0 Å². The Morgan fingerprint density at radius 2 is 2.00 bits per heavy atom. The minimum absolute atomic E-state index is 0.0327. The molecule has 2 amide bonds. The highest BCUT2D eigenvalue weighted by molar-refractivity contribution is 6.33. The van der Waals surface area contributed by atoms with Crippen LogP contribution in [-0.4, -0.2) is 74.8 Å². The van der Waals surface area contributed by atoms with Crippen molar-refractivity contribution in [2.24, 2.45) is 0 Å². The summed E-state index contributed by atoms with van der Waals surface area (Å²) in [4.78, 5) is 35.9. The third-order valence-electron chi connectivity index (χ3n) is 7.47. The molecular formula is C27H34ClN5O4. The van der Waals surface area contributed by atoms with Gasteiger partial charge in [0, 0.05) is 34.6 Å². The molecule has 4 N–H and O–H groups in total. The predicted molar refractivity (Wildman–Crippen MR) is 144 cm³/mol. The molecule has 1 saturated heterocycles. The van der Waals surface area contributed by atoms with E-state index in [0.717, 1.165) is 34.6 Å². The zero-order valence-electron chi connectivity index (χ0n) is 21.4. The molecule has 1 atom stereocenters. The van der Waals surface area contributed by atoms with E-state index in [9.17, 15) is 14.7 Å². The maximum absolute atomic E-state index is 13.5. The molecule has 0 radical (unpaired) electrons. The SMILES string of the molecule is CC1(O)CCC(NC(=O)CN2CC(C)(C)OCC2C(=O)Nc2cc(Cl)cc3c2[nH]c2cnccc23)CC1. The normalized spacial score (nSPS) is 26.3. The fourth-order valence-electron chi connectivity index (χ4n) is 5.44. The molecule has 9 nitrogen and oxygen atoms in total. The zero-order valence-corrected chi connectivity index (χ0v) is 22.2. The quantitative estimate of drug-likeness (QED) is 0.402. The van der Waals surface area contributed by atoms with Crippen LogP contribution >= 0.6 is 11.6 Å².